The fourth-order valence-electron chi connectivity index (χ4n) is 3.64. The number of carbonyl (C=O) groups is 3. The van der Waals surface area contributed by atoms with Crippen molar-refractivity contribution in [1.82, 2.24) is 4.90 Å². The molecule has 0 aliphatic carbocycles. The van der Waals surface area contributed by atoms with Crippen LogP contribution in [0.25, 0.3) is 0 Å². The highest BCUT2D eigenvalue weighted by molar-refractivity contribution is 6.04. The van der Waals surface area contributed by atoms with Crippen molar-refractivity contribution < 1.29 is 28.6 Å². The van der Waals surface area contributed by atoms with Gasteiger partial charge in [-0.1, -0.05) is 60.2 Å². The van der Waals surface area contributed by atoms with Crippen LogP contribution in [0, 0.1) is 6.92 Å². The molecule has 0 saturated heterocycles. The first kappa shape index (κ1) is 22.8. The van der Waals surface area contributed by atoms with Gasteiger partial charge in [0.25, 0.3) is 0 Å². The molecule has 2 aromatic carbocycles. The summed E-state index contributed by atoms with van der Waals surface area (Å²) < 4.78 is 15.1. The van der Waals surface area contributed by atoms with Gasteiger partial charge in [0.2, 0.25) is 0 Å². The quantitative estimate of drug-likeness (QED) is 0.509. The zero-order chi connectivity index (χ0) is 23.3. The number of hydrogen-bond acceptors (Lipinski definition) is 7. The molecule has 1 aliphatic heterocycles. The molecule has 0 radical (unpaired) electrons. The summed E-state index contributed by atoms with van der Waals surface area (Å²) in [7, 11) is 3.74. The van der Waals surface area contributed by atoms with Crippen LogP contribution in [0.3, 0.4) is 0 Å². The van der Waals surface area contributed by atoms with Gasteiger partial charge in [0.15, 0.2) is 0 Å². The Morgan fingerprint density at radius 2 is 1.41 bits per heavy atom. The lowest BCUT2D eigenvalue weighted by Crippen LogP contribution is -2.38. The van der Waals surface area contributed by atoms with Crippen molar-refractivity contribution in [1.29, 1.82) is 0 Å². The summed E-state index contributed by atoms with van der Waals surface area (Å²) in [4.78, 5) is 40.1. The average molecular weight is 435 g/mol. The van der Waals surface area contributed by atoms with Crippen LogP contribution in [0.4, 0.5) is 0 Å². The maximum atomic E-state index is 13.0. The molecule has 7 heteroatoms. The van der Waals surface area contributed by atoms with Gasteiger partial charge in [-0.25, -0.2) is 14.4 Å². The van der Waals surface area contributed by atoms with Gasteiger partial charge < -0.3 is 19.1 Å². The highest BCUT2D eigenvalue weighted by Crippen LogP contribution is 2.39. The molecule has 0 N–H and O–H groups in total. The summed E-state index contributed by atoms with van der Waals surface area (Å²) in [5.74, 6) is -2.79. The van der Waals surface area contributed by atoms with E-state index in [0.29, 0.717) is 0 Å². The van der Waals surface area contributed by atoms with Gasteiger partial charge in [0, 0.05) is 12.5 Å². The minimum absolute atomic E-state index is 0.0586. The molecule has 3 rings (SSSR count). The highest BCUT2D eigenvalue weighted by atomic mass is 16.5. The number of carbonyl (C=O) groups excluding carboxylic acids is 3. The van der Waals surface area contributed by atoms with E-state index in [0.717, 1.165) is 16.7 Å². The lowest BCUT2D eigenvalue weighted by atomic mass is 9.85. The smallest absolute Gasteiger partial charge is 0.355 e. The van der Waals surface area contributed by atoms with Crippen molar-refractivity contribution in [3.05, 3.63) is 94.3 Å². The maximum absolute atomic E-state index is 13.0. The number of hydrogen-bond donors (Lipinski definition) is 0. The summed E-state index contributed by atoms with van der Waals surface area (Å²) in [6.07, 6.45) is 1.62. The number of aryl methyl sites for hydroxylation is 1. The van der Waals surface area contributed by atoms with Gasteiger partial charge in [0.1, 0.15) is 11.4 Å². The molecule has 7 nitrogen and oxygen atoms in total. The van der Waals surface area contributed by atoms with Crippen molar-refractivity contribution in [2.24, 2.45) is 0 Å². The largest absolute Gasteiger partial charge is 0.466 e. The van der Waals surface area contributed by atoms with E-state index < -0.39 is 23.8 Å². The second-order valence-corrected chi connectivity index (χ2v) is 7.25. The van der Waals surface area contributed by atoms with Crippen LogP contribution in [-0.2, 0) is 35.1 Å². The topological polar surface area (TPSA) is 82.1 Å². The first-order chi connectivity index (χ1) is 15.4. The summed E-state index contributed by atoms with van der Waals surface area (Å²) in [6, 6.07) is 16.7. The molecule has 1 atom stereocenters. The Labute approximate surface area is 186 Å². The standard InChI is InChI=1S/C25H25NO6/c1-16-10-12-18(13-11-16)19-14-20(23(27)30-2)26(15-17-8-6-5-7-9-17)22(25(29)32-4)21(19)24(28)31-3/h5-14,19H,15H2,1-4H3. The van der Waals surface area contributed by atoms with Gasteiger partial charge in [-0.3, -0.25) is 0 Å². The molecule has 32 heavy (non-hydrogen) atoms. The molecule has 2 aromatic rings. The van der Waals surface area contributed by atoms with E-state index in [2.05, 4.69) is 0 Å². The van der Waals surface area contributed by atoms with Crippen molar-refractivity contribution in [2.45, 2.75) is 19.4 Å². The number of esters is 3. The SMILES string of the molecule is COC(=O)C1=CC(c2ccc(C)cc2)C(C(=O)OC)=C(C(=O)OC)N1Cc1ccccc1. The molecule has 0 aromatic heterocycles. The molecule has 1 heterocycles. The van der Waals surface area contributed by atoms with Crippen LogP contribution in [0.1, 0.15) is 22.6 Å². The van der Waals surface area contributed by atoms with Gasteiger partial charge in [-0.2, -0.15) is 0 Å². The highest BCUT2D eigenvalue weighted by Gasteiger charge is 2.40. The van der Waals surface area contributed by atoms with Crippen molar-refractivity contribution in [2.75, 3.05) is 21.3 Å². The molecular weight excluding hydrogens is 410 g/mol. The van der Waals surface area contributed by atoms with E-state index in [1.807, 2.05) is 61.5 Å². The van der Waals surface area contributed by atoms with Gasteiger partial charge in [-0.15, -0.1) is 0 Å². The van der Waals surface area contributed by atoms with Crippen LogP contribution in [0.15, 0.2) is 77.6 Å². The van der Waals surface area contributed by atoms with E-state index in [9.17, 15) is 14.4 Å². The first-order valence-electron chi connectivity index (χ1n) is 10.00. The minimum Gasteiger partial charge on any atom is -0.466 e. The van der Waals surface area contributed by atoms with Gasteiger partial charge in [0.05, 0.1) is 26.9 Å². The molecule has 0 saturated carbocycles. The number of benzene rings is 2. The third-order valence-corrected chi connectivity index (χ3v) is 5.25. The third kappa shape index (κ3) is 4.56. The van der Waals surface area contributed by atoms with Gasteiger partial charge in [-0.05, 0) is 24.1 Å². The second-order valence-electron chi connectivity index (χ2n) is 7.25. The third-order valence-electron chi connectivity index (χ3n) is 5.25. The minimum atomic E-state index is -0.757. The molecule has 1 aliphatic rings. The lowest BCUT2D eigenvalue weighted by molar-refractivity contribution is -0.142. The number of methoxy groups -OCH3 is 3. The monoisotopic (exact) mass is 435 g/mol. The molecule has 0 fully saturated rings. The predicted molar refractivity (Wildman–Crippen MR) is 117 cm³/mol. The Morgan fingerprint density at radius 1 is 0.812 bits per heavy atom. The average Bonchev–Trinajstić information content (AvgIpc) is 2.83. The first-order valence-corrected chi connectivity index (χ1v) is 10.00. The molecule has 166 valence electrons. The number of ether oxygens (including phenoxy) is 3. The summed E-state index contributed by atoms with van der Waals surface area (Å²) in [6.45, 7) is 2.09. The molecule has 1 unspecified atom stereocenters. The van der Waals surface area contributed by atoms with Crippen LogP contribution in [-0.4, -0.2) is 44.1 Å². The Morgan fingerprint density at radius 3 is 1.97 bits per heavy atom. The van der Waals surface area contributed by atoms with Gasteiger partial charge >= 0.3 is 17.9 Å². The van der Waals surface area contributed by atoms with Crippen molar-refractivity contribution in [3.8, 4) is 0 Å². The maximum Gasteiger partial charge on any atom is 0.355 e. The Kier molecular flexibility index (Phi) is 7.10. The molecule has 0 spiro atoms. The number of nitrogens with zero attached hydrogens (tertiary/aromatic N) is 1. The zero-order valence-corrected chi connectivity index (χ0v) is 18.5. The van der Waals surface area contributed by atoms with E-state index in [-0.39, 0.29) is 23.5 Å². The van der Waals surface area contributed by atoms with Crippen LogP contribution >= 0.6 is 0 Å². The summed E-state index contributed by atoms with van der Waals surface area (Å²) in [5, 5.41) is 0. The predicted octanol–water partition coefficient (Wildman–Crippen LogP) is 3.25. The molecule has 0 bridgehead atoms. The van der Waals surface area contributed by atoms with E-state index in [4.69, 9.17) is 14.2 Å². The van der Waals surface area contributed by atoms with Crippen LogP contribution in [0.2, 0.25) is 0 Å². The molecular formula is C25H25NO6. The lowest BCUT2D eigenvalue weighted by Gasteiger charge is -2.34. The fourth-order valence-corrected chi connectivity index (χ4v) is 3.64. The van der Waals surface area contributed by atoms with E-state index in [1.165, 1.54) is 26.2 Å². The van der Waals surface area contributed by atoms with Crippen molar-refractivity contribution in [3.63, 3.8) is 0 Å². The Hall–Kier alpha value is -3.87. The normalized spacial score (nSPS) is 15.7. The van der Waals surface area contributed by atoms with E-state index >= 15 is 0 Å². The summed E-state index contributed by atoms with van der Waals surface area (Å²) >= 11 is 0. The van der Waals surface area contributed by atoms with Crippen LogP contribution < -0.4 is 0 Å². The molecule has 0 amide bonds. The summed E-state index contributed by atoms with van der Waals surface area (Å²) in [5.41, 5.74) is 2.74. The Balaban J connectivity index is 2.28. The zero-order valence-electron chi connectivity index (χ0n) is 18.5. The number of rotatable bonds is 6. The van der Waals surface area contributed by atoms with E-state index in [1.54, 1.807) is 6.08 Å². The van der Waals surface area contributed by atoms with Crippen LogP contribution in [0.5, 0.6) is 0 Å². The van der Waals surface area contributed by atoms with Crippen molar-refractivity contribution >= 4 is 17.9 Å². The Bertz CT molecular complexity index is 1070. The second kappa shape index (κ2) is 9.96. The number of allylic oxidation sites excluding steroid dienone is 1. The fraction of sp³-hybridized carbons (Fsp3) is 0.240.